The van der Waals surface area contributed by atoms with Gasteiger partial charge in [0.25, 0.3) is 5.56 Å². The molecule has 4 rings (SSSR count). The van der Waals surface area contributed by atoms with Crippen LogP contribution in [-0.2, 0) is 13.6 Å². The molecular weight excluding hydrogens is 411 g/mol. The number of nitrogens with zero attached hydrogens (tertiary/aromatic N) is 4. The lowest BCUT2D eigenvalue weighted by molar-refractivity contribution is 0.386. The number of benzene rings is 2. The van der Waals surface area contributed by atoms with Crippen molar-refractivity contribution >= 4 is 22.4 Å². The molecule has 8 nitrogen and oxygen atoms in total. The van der Waals surface area contributed by atoms with Crippen LogP contribution in [0.3, 0.4) is 0 Å². The summed E-state index contributed by atoms with van der Waals surface area (Å²) in [6.07, 6.45) is 3.36. The maximum atomic E-state index is 13.8. The number of aromatic nitrogens is 4. The Balaban J connectivity index is 1.87. The summed E-state index contributed by atoms with van der Waals surface area (Å²) in [5, 5.41) is 21.7. The summed E-state index contributed by atoms with van der Waals surface area (Å²) in [5.74, 6) is -0.458. The molecule has 0 spiro atoms. The molecule has 3 N–H and O–H groups in total. The number of ether oxygens (including phenoxy) is 1. The number of hydrogen-bond acceptors (Lipinski definition) is 6. The Labute approximate surface area is 182 Å². The van der Waals surface area contributed by atoms with Crippen LogP contribution < -0.4 is 16.0 Å². The van der Waals surface area contributed by atoms with E-state index in [1.807, 2.05) is 6.07 Å². The average molecular weight is 430 g/mol. The molecule has 160 valence electrons. The molecule has 4 aromatic rings. The Bertz CT molecular complexity index is 1460. The van der Waals surface area contributed by atoms with Gasteiger partial charge in [-0.2, -0.15) is 15.5 Å². The first-order chi connectivity index (χ1) is 15.5. The minimum atomic E-state index is -0.509. The van der Waals surface area contributed by atoms with E-state index < -0.39 is 5.82 Å². The van der Waals surface area contributed by atoms with Gasteiger partial charge in [0, 0.05) is 24.5 Å². The predicted molar refractivity (Wildman–Crippen MR) is 119 cm³/mol. The number of aryl methyl sites for hydroxylation is 1. The zero-order valence-corrected chi connectivity index (χ0v) is 17.4. The van der Waals surface area contributed by atoms with Gasteiger partial charge in [0.15, 0.2) is 11.6 Å². The molecule has 0 unspecified atom stereocenters. The number of fused-ring (bicyclic) bond motifs is 1. The van der Waals surface area contributed by atoms with Crippen molar-refractivity contribution in [3.8, 4) is 22.9 Å². The largest absolute Gasteiger partial charge is 0.494 e. The number of halogens is 1. The van der Waals surface area contributed by atoms with Gasteiger partial charge in [0.2, 0.25) is 0 Å². The Morgan fingerprint density at radius 2 is 2.12 bits per heavy atom. The van der Waals surface area contributed by atoms with Gasteiger partial charge in [0.05, 0.1) is 41.7 Å². The Kier molecular flexibility index (Phi) is 5.54. The minimum Gasteiger partial charge on any atom is -0.494 e. The van der Waals surface area contributed by atoms with Crippen molar-refractivity contribution in [2.75, 3.05) is 7.11 Å². The third kappa shape index (κ3) is 3.64. The highest BCUT2D eigenvalue weighted by molar-refractivity contribution is 5.94. The SMILES string of the molecule is COc1cc(/C(C#N)=C/c2c(-c3ccc4c(=O)[nH]nc(CN)c4c3)cnn2C)ccc1F. The fourth-order valence-corrected chi connectivity index (χ4v) is 3.53. The van der Waals surface area contributed by atoms with Crippen LogP contribution in [-0.4, -0.2) is 27.1 Å². The lowest BCUT2D eigenvalue weighted by Gasteiger charge is -2.08. The first kappa shape index (κ1) is 21.0. The summed E-state index contributed by atoms with van der Waals surface area (Å²) in [5.41, 5.74) is 9.08. The van der Waals surface area contributed by atoms with Crippen LogP contribution in [0.25, 0.3) is 33.5 Å². The molecule has 0 saturated carbocycles. The fourth-order valence-electron chi connectivity index (χ4n) is 3.53. The molecule has 0 aliphatic heterocycles. The molecular formula is C23H19FN6O2. The highest BCUT2D eigenvalue weighted by Crippen LogP contribution is 2.30. The number of hydrogen-bond donors (Lipinski definition) is 2. The van der Waals surface area contributed by atoms with Gasteiger partial charge < -0.3 is 10.5 Å². The maximum absolute atomic E-state index is 13.8. The Morgan fingerprint density at radius 1 is 1.31 bits per heavy atom. The molecule has 2 aromatic carbocycles. The number of allylic oxidation sites excluding steroid dienone is 1. The normalized spacial score (nSPS) is 11.5. The van der Waals surface area contributed by atoms with E-state index in [4.69, 9.17) is 10.5 Å². The monoisotopic (exact) mass is 430 g/mol. The van der Waals surface area contributed by atoms with Crippen molar-refractivity contribution in [1.82, 2.24) is 20.0 Å². The zero-order chi connectivity index (χ0) is 22.8. The Hall–Kier alpha value is -4.29. The standard InChI is InChI=1S/C23H19FN6O2/c1-30-21(8-15(10-25)13-4-6-19(24)22(9-13)32-2)18(12-27-30)14-3-5-16-17(7-14)20(11-26)28-29-23(16)31/h3-9,12H,11,26H2,1-2H3,(H,29,31)/b15-8+. The van der Waals surface area contributed by atoms with Gasteiger partial charge in [-0.3, -0.25) is 9.48 Å². The molecule has 32 heavy (non-hydrogen) atoms. The Morgan fingerprint density at radius 3 is 2.84 bits per heavy atom. The summed E-state index contributed by atoms with van der Waals surface area (Å²) < 4.78 is 20.5. The van der Waals surface area contributed by atoms with Crippen LogP contribution >= 0.6 is 0 Å². The summed E-state index contributed by atoms with van der Waals surface area (Å²) >= 11 is 0. The van der Waals surface area contributed by atoms with Gasteiger partial charge in [-0.1, -0.05) is 12.1 Å². The van der Waals surface area contributed by atoms with Gasteiger partial charge >= 0.3 is 0 Å². The molecule has 0 atom stereocenters. The summed E-state index contributed by atoms with van der Waals surface area (Å²) in [4.78, 5) is 12.1. The van der Waals surface area contributed by atoms with E-state index in [1.165, 1.54) is 25.3 Å². The van der Waals surface area contributed by atoms with E-state index >= 15 is 0 Å². The first-order valence-electron chi connectivity index (χ1n) is 9.66. The van der Waals surface area contributed by atoms with Gasteiger partial charge in [-0.05, 0) is 41.5 Å². The third-order valence-corrected chi connectivity index (χ3v) is 5.22. The molecule has 2 aromatic heterocycles. The zero-order valence-electron chi connectivity index (χ0n) is 17.4. The average Bonchev–Trinajstić information content (AvgIpc) is 3.18. The number of nitrogens with two attached hydrogens (primary N) is 1. The van der Waals surface area contributed by atoms with Crippen LogP contribution in [0.4, 0.5) is 4.39 Å². The maximum Gasteiger partial charge on any atom is 0.272 e. The van der Waals surface area contributed by atoms with Crippen molar-refractivity contribution in [3.05, 3.63) is 75.7 Å². The molecule has 9 heteroatoms. The van der Waals surface area contributed by atoms with Crippen molar-refractivity contribution in [2.24, 2.45) is 12.8 Å². The molecule has 0 amide bonds. The summed E-state index contributed by atoms with van der Waals surface area (Å²) in [7, 11) is 3.13. The topological polar surface area (TPSA) is 123 Å². The van der Waals surface area contributed by atoms with E-state index in [0.29, 0.717) is 33.3 Å². The summed E-state index contributed by atoms with van der Waals surface area (Å²) in [6.45, 7) is 0.168. The highest BCUT2D eigenvalue weighted by atomic mass is 19.1. The van der Waals surface area contributed by atoms with Crippen molar-refractivity contribution in [2.45, 2.75) is 6.54 Å². The van der Waals surface area contributed by atoms with Crippen molar-refractivity contribution in [1.29, 1.82) is 5.26 Å². The van der Waals surface area contributed by atoms with Crippen molar-refractivity contribution < 1.29 is 9.13 Å². The number of nitriles is 1. The van der Waals surface area contributed by atoms with E-state index in [0.717, 1.165) is 11.1 Å². The lowest BCUT2D eigenvalue weighted by Crippen LogP contribution is -2.13. The number of nitrogens with one attached hydrogen (secondary N) is 1. The van der Waals surface area contributed by atoms with E-state index in [2.05, 4.69) is 21.4 Å². The predicted octanol–water partition coefficient (Wildman–Crippen LogP) is 2.99. The van der Waals surface area contributed by atoms with Crippen LogP contribution in [0.2, 0.25) is 0 Å². The lowest BCUT2D eigenvalue weighted by atomic mass is 9.99. The third-order valence-electron chi connectivity index (χ3n) is 5.22. The highest BCUT2D eigenvalue weighted by Gasteiger charge is 2.14. The second-order valence-electron chi connectivity index (χ2n) is 7.05. The molecule has 0 aliphatic rings. The van der Waals surface area contributed by atoms with Crippen LogP contribution in [0.5, 0.6) is 5.75 Å². The second-order valence-corrected chi connectivity index (χ2v) is 7.05. The molecule has 0 saturated heterocycles. The number of rotatable bonds is 5. The smallest absolute Gasteiger partial charge is 0.272 e. The summed E-state index contributed by atoms with van der Waals surface area (Å²) in [6, 6.07) is 11.8. The number of H-pyrrole nitrogens is 1. The van der Waals surface area contributed by atoms with Crippen molar-refractivity contribution in [3.63, 3.8) is 0 Å². The van der Waals surface area contributed by atoms with E-state index in [9.17, 15) is 14.4 Å². The quantitative estimate of drug-likeness (QED) is 0.469. The van der Waals surface area contributed by atoms with Gasteiger partial charge in [-0.25, -0.2) is 9.49 Å². The van der Waals surface area contributed by atoms with Gasteiger partial charge in [0.1, 0.15) is 0 Å². The van der Waals surface area contributed by atoms with Crippen LogP contribution in [0, 0.1) is 17.1 Å². The number of methoxy groups -OCH3 is 1. The molecule has 2 heterocycles. The first-order valence-corrected chi connectivity index (χ1v) is 9.66. The van der Waals surface area contributed by atoms with Crippen LogP contribution in [0.1, 0.15) is 17.0 Å². The van der Waals surface area contributed by atoms with Crippen LogP contribution in [0.15, 0.2) is 47.4 Å². The molecule has 0 bridgehead atoms. The van der Waals surface area contributed by atoms with E-state index in [1.54, 1.807) is 36.1 Å². The minimum absolute atomic E-state index is 0.0513. The van der Waals surface area contributed by atoms with E-state index in [-0.39, 0.29) is 17.9 Å². The molecule has 0 aliphatic carbocycles. The molecule has 0 fully saturated rings. The fraction of sp³-hybridized carbons (Fsp3) is 0.130. The molecule has 0 radical (unpaired) electrons. The number of aromatic amines is 1. The second kappa shape index (κ2) is 8.45. The van der Waals surface area contributed by atoms with Gasteiger partial charge in [-0.15, -0.1) is 0 Å².